The zero-order valence-electron chi connectivity index (χ0n) is 14.9. The van der Waals surface area contributed by atoms with Gasteiger partial charge in [0.2, 0.25) is 5.91 Å². The molecule has 2 aromatic rings. The Kier molecular flexibility index (Phi) is 6.94. The molecule has 0 radical (unpaired) electrons. The summed E-state index contributed by atoms with van der Waals surface area (Å²) in [7, 11) is 0. The first-order chi connectivity index (χ1) is 11.4. The lowest BCUT2D eigenvalue weighted by Gasteiger charge is -2.09. The molecule has 0 fully saturated rings. The van der Waals surface area contributed by atoms with Crippen molar-refractivity contribution in [1.82, 2.24) is 10.3 Å². The van der Waals surface area contributed by atoms with Crippen LogP contribution in [0.15, 0.2) is 29.6 Å². The van der Waals surface area contributed by atoms with Crippen molar-refractivity contribution in [3.8, 4) is 0 Å². The maximum atomic E-state index is 11.9. The van der Waals surface area contributed by atoms with E-state index >= 15 is 0 Å². The van der Waals surface area contributed by atoms with Crippen molar-refractivity contribution in [1.29, 1.82) is 0 Å². The Morgan fingerprint density at radius 1 is 1.21 bits per heavy atom. The van der Waals surface area contributed by atoms with Crippen molar-refractivity contribution in [2.75, 3.05) is 5.32 Å². The maximum Gasteiger partial charge on any atom is 0.224 e. The summed E-state index contributed by atoms with van der Waals surface area (Å²) < 4.78 is 0. The normalized spacial score (nSPS) is 11.2. The minimum atomic E-state index is 0.0683. The molecule has 0 unspecified atom stereocenters. The molecule has 0 aliphatic carbocycles. The van der Waals surface area contributed by atoms with Crippen molar-refractivity contribution in [3.05, 3.63) is 45.9 Å². The van der Waals surface area contributed by atoms with Crippen LogP contribution in [0.3, 0.4) is 0 Å². The number of anilines is 1. The van der Waals surface area contributed by atoms with Gasteiger partial charge in [0.25, 0.3) is 0 Å². The molecule has 4 nitrogen and oxygen atoms in total. The lowest BCUT2D eigenvalue weighted by Crippen LogP contribution is -2.15. The molecule has 0 saturated heterocycles. The van der Waals surface area contributed by atoms with E-state index in [1.165, 1.54) is 5.01 Å². The van der Waals surface area contributed by atoms with Gasteiger partial charge in [-0.05, 0) is 23.6 Å². The van der Waals surface area contributed by atoms with Crippen LogP contribution in [-0.2, 0) is 17.9 Å². The van der Waals surface area contributed by atoms with Gasteiger partial charge in [-0.15, -0.1) is 11.3 Å². The molecule has 2 rings (SSSR count). The van der Waals surface area contributed by atoms with Crippen molar-refractivity contribution in [2.45, 2.75) is 53.1 Å². The molecular weight excluding hydrogens is 318 g/mol. The summed E-state index contributed by atoms with van der Waals surface area (Å²) in [6, 6.07) is 7.98. The molecule has 5 heteroatoms. The molecule has 0 spiro atoms. The van der Waals surface area contributed by atoms with Gasteiger partial charge in [0.1, 0.15) is 0 Å². The van der Waals surface area contributed by atoms with Gasteiger partial charge in [0.05, 0.1) is 10.7 Å². The van der Waals surface area contributed by atoms with E-state index in [-0.39, 0.29) is 5.91 Å². The minimum Gasteiger partial charge on any atom is -0.326 e. The summed E-state index contributed by atoms with van der Waals surface area (Å²) in [6.07, 6.45) is 0.546. The van der Waals surface area contributed by atoms with E-state index in [0.29, 0.717) is 18.3 Å². The summed E-state index contributed by atoms with van der Waals surface area (Å²) in [5.41, 5.74) is 3.09. The number of amides is 1. The molecule has 1 aromatic heterocycles. The number of hydrogen-bond acceptors (Lipinski definition) is 4. The first-order valence-corrected chi connectivity index (χ1v) is 9.35. The van der Waals surface area contributed by atoms with E-state index in [1.54, 1.807) is 11.3 Å². The van der Waals surface area contributed by atoms with Crippen LogP contribution < -0.4 is 10.6 Å². The molecule has 1 amide bonds. The molecule has 0 bridgehead atoms. The topological polar surface area (TPSA) is 54.0 Å². The van der Waals surface area contributed by atoms with Crippen LogP contribution >= 0.6 is 11.3 Å². The van der Waals surface area contributed by atoms with E-state index in [2.05, 4.69) is 40.9 Å². The number of nitrogens with zero attached hydrogens (tertiary/aromatic N) is 1. The molecule has 130 valence electrons. The first-order valence-electron chi connectivity index (χ1n) is 8.48. The number of benzene rings is 1. The third kappa shape index (κ3) is 6.06. The largest absolute Gasteiger partial charge is 0.326 e. The van der Waals surface area contributed by atoms with Crippen LogP contribution in [0.5, 0.6) is 0 Å². The number of carbonyl (C=O) groups is 1. The fraction of sp³-hybridized carbons (Fsp3) is 0.474. The summed E-state index contributed by atoms with van der Waals surface area (Å²) in [5, 5.41) is 9.67. The van der Waals surface area contributed by atoms with Crippen LogP contribution in [-0.4, -0.2) is 10.9 Å². The zero-order valence-corrected chi connectivity index (χ0v) is 15.7. The van der Waals surface area contributed by atoms with Gasteiger partial charge in [-0.3, -0.25) is 4.79 Å². The molecular formula is C19H27N3OS. The van der Waals surface area contributed by atoms with Crippen LogP contribution in [0.4, 0.5) is 5.69 Å². The quantitative estimate of drug-likeness (QED) is 0.738. The van der Waals surface area contributed by atoms with Crippen molar-refractivity contribution >= 4 is 22.9 Å². The zero-order chi connectivity index (χ0) is 17.5. The first kappa shape index (κ1) is 18.6. The highest BCUT2D eigenvalue weighted by atomic mass is 32.1. The molecule has 0 saturated carbocycles. The number of aromatic nitrogens is 1. The third-order valence-corrected chi connectivity index (χ3v) is 4.70. The number of thiazole rings is 1. The minimum absolute atomic E-state index is 0.0683. The molecule has 2 N–H and O–H groups in total. The average molecular weight is 346 g/mol. The van der Waals surface area contributed by atoms with Crippen molar-refractivity contribution < 1.29 is 4.79 Å². The summed E-state index contributed by atoms with van der Waals surface area (Å²) in [4.78, 5) is 16.5. The second kappa shape index (κ2) is 8.94. The second-order valence-corrected chi connectivity index (χ2v) is 7.67. The van der Waals surface area contributed by atoms with Crippen LogP contribution in [0.1, 0.15) is 56.3 Å². The highest BCUT2D eigenvalue weighted by Gasteiger charge is 2.07. The Morgan fingerprint density at radius 2 is 2.00 bits per heavy atom. The summed E-state index contributed by atoms with van der Waals surface area (Å²) >= 11 is 1.72. The van der Waals surface area contributed by atoms with Crippen molar-refractivity contribution in [3.63, 3.8) is 0 Å². The predicted molar refractivity (Wildman–Crippen MR) is 101 cm³/mol. The smallest absolute Gasteiger partial charge is 0.224 e. The van der Waals surface area contributed by atoms with Crippen LogP contribution in [0.25, 0.3) is 0 Å². The fourth-order valence-electron chi connectivity index (χ4n) is 2.35. The van der Waals surface area contributed by atoms with E-state index in [0.717, 1.165) is 30.0 Å². The molecule has 0 aliphatic heterocycles. The second-order valence-electron chi connectivity index (χ2n) is 6.78. The van der Waals surface area contributed by atoms with Crippen LogP contribution in [0, 0.1) is 5.92 Å². The SMILES string of the molecule is CC(C)CC(=O)Nc1cccc(CNCc2csc(C(C)C)n2)c1. The highest BCUT2D eigenvalue weighted by molar-refractivity contribution is 7.09. The Balaban J connectivity index is 1.84. The molecule has 0 aliphatic rings. The Hall–Kier alpha value is -1.72. The van der Waals surface area contributed by atoms with E-state index in [1.807, 2.05) is 32.0 Å². The van der Waals surface area contributed by atoms with Gasteiger partial charge >= 0.3 is 0 Å². The van der Waals surface area contributed by atoms with Crippen LogP contribution in [0.2, 0.25) is 0 Å². The highest BCUT2D eigenvalue weighted by Crippen LogP contribution is 2.19. The number of rotatable bonds is 8. The molecule has 1 heterocycles. The van der Waals surface area contributed by atoms with Gasteiger partial charge in [-0.2, -0.15) is 0 Å². The number of carbonyl (C=O) groups excluding carboxylic acids is 1. The number of hydrogen-bond donors (Lipinski definition) is 2. The fourth-order valence-corrected chi connectivity index (χ4v) is 3.18. The monoisotopic (exact) mass is 345 g/mol. The van der Waals surface area contributed by atoms with Gasteiger partial charge in [0, 0.05) is 36.5 Å². The Bertz CT molecular complexity index is 664. The van der Waals surface area contributed by atoms with E-state index in [4.69, 9.17) is 0 Å². The van der Waals surface area contributed by atoms with Gasteiger partial charge < -0.3 is 10.6 Å². The van der Waals surface area contributed by atoms with Gasteiger partial charge in [0.15, 0.2) is 0 Å². The molecule has 24 heavy (non-hydrogen) atoms. The van der Waals surface area contributed by atoms with E-state index in [9.17, 15) is 4.79 Å². The average Bonchev–Trinajstić information content (AvgIpc) is 2.96. The van der Waals surface area contributed by atoms with Gasteiger partial charge in [-0.1, -0.05) is 39.8 Å². The Morgan fingerprint density at radius 3 is 2.67 bits per heavy atom. The summed E-state index contributed by atoms with van der Waals surface area (Å²) in [5.74, 6) is 0.914. The lowest BCUT2D eigenvalue weighted by atomic mass is 10.1. The third-order valence-electron chi connectivity index (χ3n) is 3.50. The number of nitrogens with one attached hydrogen (secondary N) is 2. The maximum absolute atomic E-state index is 11.9. The predicted octanol–water partition coefficient (Wildman–Crippen LogP) is 4.54. The summed E-state index contributed by atoms with van der Waals surface area (Å²) in [6.45, 7) is 9.92. The van der Waals surface area contributed by atoms with Crippen molar-refractivity contribution in [2.24, 2.45) is 5.92 Å². The lowest BCUT2D eigenvalue weighted by molar-refractivity contribution is -0.116. The Labute approximate surface area is 148 Å². The van der Waals surface area contributed by atoms with Gasteiger partial charge in [-0.25, -0.2) is 4.98 Å². The standard InChI is InChI=1S/C19H27N3OS/c1-13(2)8-18(23)21-16-7-5-6-15(9-16)10-20-11-17-12-24-19(22-17)14(3)4/h5-7,9,12-14,20H,8,10-11H2,1-4H3,(H,21,23). The molecule has 1 aromatic carbocycles. The molecule has 0 atom stereocenters. The van der Waals surface area contributed by atoms with E-state index < -0.39 is 0 Å².